The topological polar surface area (TPSA) is 59.8 Å². The summed E-state index contributed by atoms with van der Waals surface area (Å²) in [5.41, 5.74) is 4.44. The number of carbonyl (C=O) groups is 1. The van der Waals surface area contributed by atoms with Gasteiger partial charge in [-0.25, -0.2) is 18.4 Å². The molecule has 0 saturated carbocycles. The molecule has 3 aromatic carbocycles. The number of hydrogen-bond donors (Lipinski definition) is 1. The molecule has 0 aliphatic heterocycles. The number of para-hydroxylation sites is 1. The van der Waals surface area contributed by atoms with Crippen molar-refractivity contribution in [2.24, 2.45) is 0 Å². The molecule has 0 aliphatic carbocycles. The number of amides is 1. The number of carbonyl (C=O) groups excluding carboxylic acids is 1. The van der Waals surface area contributed by atoms with Crippen molar-refractivity contribution in [1.82, 2.24) is 14.8 Å². The number of pyridine rings is 1. The summed E-state index contributed by atoms with van der Waals surface area (Å²) in [4.78, 5) is 17.9. The molecule has 1 N–H and O–H groups in total. The molecule has 0 spiro atoms. The van der Waals surface area contributed by atoms with Gasteiger partial charge in [0.25, 0.3) is 5.91 Å². The van der Waals surface area contributed by atoms with Crippen LogP contribution in [0.4, 0.5) is 14.5 Å². The maximum Gasteiger partial charge on any atom is 0.256 e. The maximum atomic E-state index is 13.3. The molecule has 0 aliphatic rings. The Balaban J connectivity index is 1.58. The Morgan fingerprint density at radius 3 is 2.30 bits per heavy atom. The molecular formula is C26H18F2N4O. The van der Waals surface area contributed by atoms with Gasteiger partial charge in [0.05, 0.1) is 34.4 Å². The molecular weight excluding hydrogens is 422 g/mol. The third-order valence-electron chi connectivity index (χ3n) is 5.42. The number of nitrogens with one attached hydrogen (secondary N) is 1. The molecule has 2 aromatic heterocycles. The standard InChI is InChI=1S/C26H18F2N4O/c1-16-23(15-29-32(16)20-12-8-18(28)9-13-20)25-14-22(21-4-2-3-5-24(21)31-25)26(33)30-19-10-6-17(27)7-11-19/h2-15H,1H3,(H,30,33). The van der Waals surface area contributed by atoms with Crippen LogP contribution in [0, 0.1) is 18.6 Å². The number of nitrogens with zero attached hydrogens (tertiary/aromatic N) is 3. The number of halogens is 2. The molecule has 7 heteroatoms. The van der Waals surface area contributed by atoms with E-state index in [1.807, 2.05) is 31.2 Å². The number of aromatic nitrogens is 3. The molecule has 0 atom stereocenters. The number of anilines is 1. The zero-order chi connectivity index (χ0) is 22.9. The maximum absolute atomic E-state index is 13.3. The van der Waals surface area contributed by atoms with Gasteiger partial charge in [-0.2, -0.15) is 5.10 Å². The second kappa shape index (κ2) is 8.27. The van der Waals surface area contributed by atoms with Crippen LogP contribution >= 0.6 is 0 Å². The van der Waals surface area contributed by atoms with Crippen molar-refractivity contribution in [2.45, 2.75) is 6.92 Å². The van der Waals surface area contributed by atoms with Crippen molar-refractivity contribution in [3.05, 3.63) is 108 Å². The van der Waals surface area contributed by atoms with E-state index in [2.05, 4.69) is 10.4 Å². The fourth-order valence-electron chi connectivity index (χ4n) is 3.74. The first-order valence-corrected chi connectivity index (χ1v) is 10.3. The quantitative estimate of drug-likeness (QED) is 0.377. The first-order valence-electron chi connectivity index (χ1n) is 10.3. The highest BCUT2D eigenvalue weighted by atomic mass is 19.1. The summed E-state index contributed by atoms with van der Waals surface area (Å²) >= 11 is 0. The van der Waals surface area contributed by atoms with E-state index in [0.717, 1.165) is 16.9 Å². The van der Waals surface area contributed by atoms with E-state index in [0.29, 0.717) is 27.8 Å². The minimum absolute atomic E-state index is 0.322. The van der Waals surface area contributed by atoms with Crippen LogP contribution in [0.15, 0.2) is 85.1 Å². The average molecular weight is 440 g/mol. The first kappa shape index (κ1) is 20.5. The lowest BCUT2D eigenvalue weighted by atomic mass is 10.0. The van der Waals surface area contributed by atoms with Crippen LogP contribution in [0.25, 0.3) is 27.8 Å². The van der Waals surface area contributed by atoms with Gasteiger partial charge in [0.15, 0.2) is 0 Å². The van der Waals surface area contributed by atoms with Crippen molar-refractivity contribution < 1.29 is 13.6 Å². The molecule has 0 unspecified atom stereocenters. The highest BCUT2D eigenvalue weighted by molar-refractivity contribution is 6.13. The zero-order valence-corrected chi connectivity index (χ0v) is 17.6. The molecule has 33 heavy (non-hydrogen) atoms. The minimum atomic E-state index is -0.377. The van der Waals surface area contributed by atoms with Gasteiger partial charge >= 0.3 is 0 Å². The third kappa shape index (κ3) is 3.96. The average Bonchev–Trinajstić information content (AvgIpc) is 3.21. The van der Waals surface area contributed by atoms with Crippen LogP contribution < -0.4 is 5.32 Å². The molecule has 5 aromatic rings. The first-order chi connectivity index (χ1) is 16.0. The summed E-state index contributed by atoms with van der Waals surface area (Å²) in [7, 11) is 0. The smallest absolute Gasteiger partial charge is 0.256 e. The van der Waals surface area contributed by atoms with Gasteiger partial charge in [-0.05, 0) is 67.6 Å². The van der Waals surface area contributed by atoms with Crippen molar-refractivity contribution in [2.75, 3.05) is 5.32 Å². The Labute approximate surface area is 188 Å². The summed E-state index contributed by atoms with van der Waals surface area (Å²) in [5, 5.41) is 7.96. The van der Waals surface area contributed by atoms with Crippen molar-refractivity contribution >= 4 is 22.5 Å². The van der Waals surface area contributed by atoms with Gasteiger partial charge in [-0.3, -0.25) is 4.79 Å². The summed E-state index contributed by atoms with van der Waals surface area (Å²) in [5.74, 6) is -1.03. The zero-order valence-electron chi connectivity index (χ0n) is 17.6. The van der Waals surface area contributed by atoms with Crippen LogP contribution in [0.2, 0.25) is 0 Å². The third-order valence-corrected chi connectivity index (χ3v) is 5.42. The Hall–Kier alpha value is -4.39. The number of fused-ring (bicyclic) bond motifs is 1. The van der Waals surface area contributed by atoms with Crippen molar-refractivity contribution in [3.8, 4) is 16.9 Å². The van der Waals surface area contributed by atoms with Gasteiger partial charge in [-0.1, -0.05) is 18.2 Å². The van der Waals surface area contributed by atoms with Crippen molar-refractivity contribution in [3.63, 3.8) is 0 Å². The van der Waals surface area contributed by atoms with Crippen LogP contribution in [0.5, 0.6) is 0 Å². The van der Waals surface area contributed by atoms with E-state index in [1.54, 1.807) is 29.1 Å². The number of rotatable bonds is 4. The Kier molecular flexibility index (Phi) is 5.14. The lowest BCUT2D eigenvalue weighted by Gasteiger charge is -2.11. The normalized spacial score (nSPS) is 11.0. The van der Waals surface area contributed by atoms with Crippen LogP contribution in [0.3, 0.4) is 0 Å². The van der Waals surface area contributed by atoms with Crippen LogP contribution in [0.1, 0.15) is 16.1 Å². The molecule has 5 nitrogen and oxygen atoms in total. The van der Waals surface area contributed by atoms with Gasteiger partial charge in [0.1, 0.15) is 11.6 Å². The van der Waals surface area contributed by atoms with E-state index in [1.165, 1.54) is 36.4 Å². The second-order valence-electron chi connectivity index (χ2n) is 7.57. The highest BCUT2D eigenvalue weighted by Gasteiger charge is 2.17. The van der Waals surface area contributed by atoms with Gasteiger partial charge in [0.2, 0.25) is 0 Å². The molecule has 162 valence electrons. The lowest BCUT2D eigenvalue weighted by molar-refractivity contribution is 0.102. The summed E-state index contributed by atoms with van der Waals surface area (Å²) in [6, 6.07) is 20.7. The van der Waals surface area contributed by atoms with E-state index >= 15 is 0 Å². The van der Waals surface area contributed by atoms with Gasteiger partial charge in [0, 0.05) is 16.6 Å². The van der Waals surface area contributed by atoms with E-state index < -0.39 is 0 Å². The monoisotopic (exact) mass is 440 g/mol. The highest BCUT2D eigenvalue weighted by Crippen LogP contribution is 2.28. The minimum Gasteiger partial charge on any atom is -0.322 e. The predicted octanol–water partition coefficient (Wildman–Crippen LogP) is 5.93. The summed E-state index contributed by atoms with van der Waals surface area (Å²) in [6.07, 6.45) is 1.68. The molecule has 5 rings (SSSR count). The molecule has 2 heterocycles. The number of hydrogen-bond acceptors (Lipinski definition) is 3. The van der Waals surface area contributed by atoms with E-state index in [-0.39, 0.29) is 17.5 Å². The molecule has 0 saturated heterocycles. The Morgan fingerprint density at radius 2 is 1.58 bits per heavy atom. The molecule has 1 amide bonds. The fraction of sp³-hybridized carbons (Fsp3) is 0.0385. The molecule has 0 radical (unpaired) electrons. The van der Waals surface area contributed by atoms with Crippen molar-refractivity contribution in [1.29, 1.82) is 0 Å². The second-order valence-corrected chi connectivity index (χ2v) is 7.57. The Morgan fingerprint density at radius 1 is 0.909 bits per heavy atom. The lowest BCUT2D eigenvalue weighted by Crippen LogP contribution is -2.13. The van der Waals surface area contributed by atoms with Crippen LogP contribution in [-0.4, -0.2) is 20.7 Å². The SMILES string of the molecule is Cc1c(-c2cc(C(=O)Nc3ccc(F)cc3)c3ccccc3n2)cnn1-c1ccc(F)cc1. The largest absolute Gasteiger partial charge is 0.322 e. The summed E-state index contributed by atoms with van der Waals surface area (Å²) < 4.78 is 28.3. The van der Waals surface area contributed by atoms with Gasteiger partial charge in [-0.15, -0.1) is 0 Å². The molecule has 0 fully saturated rings. The van der Waals surface area contributed by atoms with Crippen LogP contribution in [-0.2, 0) is 0 Å². The van der Waals surface area contributed by atoms with E-state index in [9.17, 15) is 13.6 Å². The Bertz CT molecular complexity index is 1480. The predicted molar refractivity (Wildman–Crippen MR) is 123 cm³/mol. The molecule has 0 bridgehead atoms. The number of benzene rings is 3. The summed E-state index contributed by atoms with van der Waals surface area (Å²) in [6.45, 7) is 1.89. The fourth-order valence-corrected chi connectivity index (χ4v) is 3.74. The van der Waals surface area contributed by atoms with Gasteiger partial charge < -0.3 is 5.32 Å². The van der Waals surface area contributed by atoms with E-state index in [4.69, 9.17) is 4.98 Å².